The predicted octanol–water partition coefficient (Wildman–Crippen LogP) is 1.25. The number of benzene rings is 1. The van der Waals surface area contributed by atoms with Crippen molar-refractivity contribution in [3.8, 4) is 0 Å². The fourth-order valence-electron chi connectivity index (χ4n) is 1.65. The van der Waals surface area contributed by atoms with Crippen LogP contribution in [0.15, 0.2) is 34.4 Å². The van der Waals surface area contributed by atoms with Gasteiger partial charge in [0.25, 0.3) is 11.8 Å². The van der Waals surface area contributed by atoms with Crippen molar-refractivity contribution >= 4 is 33.4 Å². The van der Waals surface area contributed by atoms with E-state index in [0.717, 1.165) is 11.0 Å². The number of aliphatic hydroxyl groups excluding tert-OH is 1. The number of hydrogen-bond donors (Lipinski definition) is 2. The van der Waals surface area contributed by atoms with Crippen molar-refractivity contribution in [2.75, 3.05) is 18.5 Å². The van der Waals surface area contributed by atoms with Crippen LogP contribution >= 0.6 is 15.9 Å². The maximum atomic E-state index is 12.9. The van der Waals surface area contributed by atoms with Gasteiger partial charge >= 0.3 is 0 Å². The normalized spacial score (nSPS) is 14.9. The highest BCUT2D eigenvalue weighted by molar-refractivity contribution is 9.10. The molecule has 0 spiro atoms. The molecule has 0 radical (unpaired) electrons. The van der Waals surface area contributed by atoms with Gasteiger partial charge in [0.05, 0.1) is 18.8 Å². The van der Waals surface area contributed by atoms with Gasteiger partial charge in [-0.3, -0.25) is 14.5 Å². The van der Waals surface area contributed by atoms with E-state index in [2.05, 4.69) is 21.2 Å². The van der Waals surface area contributed by atoms with Gasteiger partial charge in [-0.2, -0.15) is 0 Å². The second-order valence-corrected chi connectivity index (χ2v) is 4.68. The first kappa shape index (κ1) is 13.7. The lowest BCUT2D eigenvalue weighted by Crippen LogP contribution is -2.34. The van der Waals surface area contributed by atoms with Crippen LogP contribution in [0.2, 0.25) is 0 Å². The number of β-amino-alcohol motifs (C(OH)–C–C–N with tert-alkyl or cyclic N) is 1. The average molecular weight is 329 g/mol. The lowest BCUT2D eigenvalue weighted by Gasteiger charge is -2.13. The topological polar surface area (TPSA) is 69.6 Å². The van der Waals surface area contributed by atoms with Crippen LogP contribution in [-0.4, -0.2) is 35.0 Å². The highest BCUT2D eigenvalue weighted by atomic mass is 79.9. The van der Waals surface area contributed by atoms with Crippen molar-refractivity contribution < 1.29 is 19.1 Å². The van der Waals surface area contributed by atoms with Crippen molar-refractivity contribution in [2.24, 2.45) is 0 Å². The number of halogens is 2. The van der Waals surface area contributed by atoms with Crippen molar-refractivity contribution in [1.82, 2.24) is 4.90 Å². The summed E-state index contributed by atoms with van der Waals surface area (Å²) in [6, 6.07) is 3.93. The van der Waals surface area contributed by atoms with Crippen LogP contribution < -0.4 is 5.32 Å². The molecule has 0 fully saturated rings. The molecule has 0 saturated heterocycles. The number of carbonyl (C=O) groups excluding carboxylic acids is 2. The molecule has 100 valence electrons. The highest BCUT2D eigenvalue weighted by Gasteiger charge is 2.30. The second kappa shape index (κ2) is 5.50. The predicted molar refractivity (Wildman–Crippen MR) is 69.6 cm³/mol. The van der Waals surface area contributed by atoms with E-state index in [1.807, 2.05) is 0 Å². The summed E-state index contributed by atoms with van der Waals surface area (Å²) < 4.78 is 13.4. The van der Waals surface area contributed by atoms with Gasteiger partial charge in [0, 0.05) is 10.5 Å². The number of hydrogen-bond acceptors (Lipinski definition) is 4. The Morgan fingerprint density at radius 2 is 2.11 bits per heavy atom. The van der Waals surface area contributed by atoms with Crippen LogP contribution in [0.1, 0.15) is 0 Å². The number of nitrogens with zero attached hydrogens (tertiary/aromatic N) is 1. The third-order valence-corrected chi connectivity index (χ3v) is 3.19. The monoisotopic (exact) mass is 328 g/mol. The van der Waals surface area contributed by atoms with E-state index in [1.54, 1.807) is 0 Å². The zero-order chi connectivity index (χ0) is 14.0. The van der Waals surface area contributed by atoms with E-state index >= 15 is 0 Å². The molecule has 0 bridgehead atoms. The summed E-state index contributed by atoms with van der Waals surface area (Å²) in [5, 5.41) is 11.5. The molecule has 2 N–H and O–H groups in total. The number of carbonyl (C=O) groups is 2. The van der Waals surface area contributed by atoms with E-state index in [1.165, 1.54) is 18.2 Å². The molecule has 1 aliphatic heterocycles. The molecule has 0 saturated carbocycles. The Hall–Kier alpha value is -1.73. The van der Waals surface area contributed by atoms with Gasteiger partial charge in [0.1, 0.15) is 11.5 Å². The fourth-order valence-corrected chi connectivity index (χ4v) is 2.10. The molecule has 7 heteroatoms. The zero-order valence-electron chi connectivity index (χ0n) is 9.69. The molecule has 0 unspecified atom stereocenters. The molecular formula is C12H10BrFN2O3. The summed E-state index contributed by atoms with van der Waals surface area (Å²) in [6.45, 7) is -0.344. The summed E-state index contributed by atoms with van der Waals surface area (Å²) in [5.41, 5.74) is 0.561. The summed E-state index contributed by atoms with van der Waals surface area (Å²) in [4.78, 5) is 24.3. The number of rotatable bonds is 4. The Labute approximate surface area is 116 Å². The van der Waals surface area contributed by atoms with E-state index in [-0.39, 0.29) is 18.8 Å². The van der Waals surface area contributed by atoms with Crippen molar-refractivity contribution in [1.29, 1.82) is 0 Å². The summed E-state index contributed by atoms with van der Waals surface area (Å²) in [5.74, 6) is -1.42. The Morgan fingerprint density at radius 1 is 1.37 bits per heavy atom. The van der Waals surface area contributed by atoms with Crippen molar-refractivity contribution in [3.63, 3.8) is 0 Å². The molecule has 1 aromatic rings. The van der Waals surface area contributed by atoms with Crippen LogP contribution in [0.25, 0.3) is 0 Å². The molecule has 0 aromatic heterocycles. The third-order valence-electron chi connectivity index (χ3n) is 2.53. The second-order valence-electron chi connectivity index (χ2n) is 3.83. The van der Waals surface area contributed by atoms with Crippen LogP contribution in [0.4, 0.5) is 10.1 Å². The highest BCUT2D eigenvalue weighted by Crippen LogP contribution is 2.26. The molecule has 0 atom stereocenters. The summed E-state index contributed by atoms with van der Waals surface area (Å²) in [6.07, 6.45) is 1.15. The molecule has 2 rings (SSSR count). The standard InChI is InChI=1S/C12H10BrFN2O3/c13-8-5-7(14)1-2-9(8)15-10-6-11(18)16(3-4-17)12(10)19/h1-2,5-6,15,17H,3-4H2. The molecule has 1 aromatic carbocycles. The van der Waals surface area contributed by atoms with Gasteiger partial charge in [-0.15, -0.1) is 0 Å². The Balaban J connectivity index is 2.18. The van der Waals surface area contributed by atoms with Gasteiger partial charge in [-0.1, -0.05) is 0 Å². The fraction of sp³-hybridized carbons (Fsp3) is 0.167. The maximum absolute atomic E-state index is 12.9. The largest absolute Gasteiger partial charge is 0.395 e. The smallest absolute Gasteiger partial charge is 0.277 e. The number of imide groups is 1. The Morgan fingerprint density at radius 3 is 2.74 bits per heavy atom. The zero-order valence-corrected chi connectivity index (χ0v) is 11.3. The SMILES string of the molecule is O=C1C=C(Nc2ccc(F)cc2Br)C(=O)N1CCO. The number of anilines is 1. The van der Waals surface area contributed by atoms with Crippen molar-refractivity contribution in [3.05, 3.63) is 40.3 Å². The molecule has 19 heavy (non-hydrogen) atoms. The van der Waals surface area contributed by atoms with Gasteiger partial charge in [-0.25, -0.2) is 4.39 Å². The van der Waals surface area contributed by atoms with E-state index in [9.17, 15) is 14.0 Å². The van der Waals surface area contributed by atoms with Crippen LogP contribution in [0.3, 0.4) is 0 Å². The first-order valence-corrected chi connectivity index (χ1v) is 6.22. The van der Waals surface area contributed by atoms with Gasteiger partial charge in [0.15, 0.2) is 0 Å². The molecule has 5 nitrogen and oxygen atoms in total. The summed E-state index contributed by atoms with van der Waals surface area (Å²) >= 11 is 3.16. The lowest BCUT2D eigenvalue weighted by atomic mass is 10.3. The van der Waals surface area contributed by atoms with Crippen LogP contribution in [0, 0.1) is 5.82 Å². The van der Waals surface area contributed by atoms with Crippen LogP contribution in [0.5, 0.6) is 0 Å². The van der Waals surface area contributed by atoms with Gasteiger partial charge < -0.3 is 10.4 Å². The Bertz CT molecular complexity index is 574. The minimum Gasteiger partial charge on any atom is -0.395 e. The first-order chi connectivity index (χ1) is 9.02. The molecule has 1 heterocycles. The number of amides is 2. The average Bonchev–Trinajstić information content (AvgIpc) is 2.61. The molecule has 0 aliphatic carbocycles. The Kier molecular flexibility index (Phi) is 3.96. The molecular weight excluding hydrogens is 319 g/mol. The third kappa shape index (κ3) is 2.82. The van der Waals surface area contributed by atoms with E-state index in [4.69, 9.17) is 5.11 Å². The number of aliphatic hydroxyl groups is 1. The van der Waals surface area contributed by atoms with Gasteiger partial charge in [0.2, 0.25) is 0 Å². The van der Waals surface area contributed by atoms with Crippen molar-refractivity contribution in [2.45, 2.75) is 0 Å². The maximum Gasteiger partial charge on any atom is 0.277 e. The van der Waals surface area contributed by atoms with E-state index in [0.29, 0.717) is 10.2 Å². The molecule has 1 aliphatic rings. The lowest BCUT2D eigenvalue weighted by molar-refractivity contribution is -0.137. The first-order valence-electron chi connectivity index (χ1n) is 5.43. The summed E-state index contributed by atoms with van der Waals surface area (Å²) in [7, 11) is 0. The molecule has 2 amide bonds. The number of nitrogens with one attached hydrogen (secondary N) is 1. The van der Waals surface area contributed by atoms with Gasteiger partial charge in [-0.05, 0) is 34.1 Å². The quantitative estimate of drug-likeness (QED) is 0.816. The van der Waals surface area contributed by atoms with Crippen LogP contribution in [-0.2, 0) is 9.59 Å². The minimum atomic E-state index is -0.518. The minimum absolute atomic E-state index is 0.0517. The van der Waals surface area contributed by atoms with E-state index < -0.39 is 17.6 Å².